The highest BCUT2D eigenvalue weighted by Gasteiger charge is 2.16. The summed E-state index contributed by atoms with van der Waals surface area (Å²) in [6, 6.07) is 12.8. The number of nitrogens with zero attached hydrogens (tertiary/aromatic N) is 2. The fraction of sp³-hybridized carbons (Fsp3) is 0.240. The second-order valence-electron chi connectivity index (χ2n) is 7.41. The molecule has 1 N–H and O–H groups in total. The van der Waals surface area contributed by atoms with Crippen molar-refractivity contribution >= 4 is 35.1 Å². The number of anilines is 1. The Balaban J connectivity index is 1.61. The maximum atomic E-state index is 12.5. The van der Waals surface area contributed by atoms with E-state index in [2.05, 4.69) is 15.3 Å². The van der Waals surface area contributed by atoms with Gasteiger partial charge in [0.1, 0.15) is 11.5 Å². The molecule has 182 valence electrons. The van der Waals surface area contributed by atoms with E-state index in [0.717, 1.165) is 11.4 Å². The Morgan fingerprint density at radius 2 is 1.54 bits per heavy atom. The molecule has 0 unspecified atom stereocenters. The predicted molar refractivity (Wildman–Crippen MR) is 131 cm³/mol. The Bertz CT molecular complexity index is 1210. The number of thioether (sulfide) groups is 1. The summed E-state index contributed by atoms with van der Waals surface area (Å²) in [5.41, 5.74) is 2.49. The second kappa shape index (κ2) is 12.0. The quantitative estimate of drug-likeness (QED) is 0.193. The topological polar surface area (TPSA) is 117 Å². The van der Waals surface area contributed by atoms with Crippen molar-refractivity contribution in [3.05, 3.63) is 71.0 Å². The molecule has 1 amide bonds. The largest absolute Gasteiger partial charge is 0.497 e. The summed E-state index contributed by atoms with van der Waals surface area (Å²) in [4.78, 5) is 46.0. The first kappa shape index (κ1) is 25.7. The summed E-state index contributed by atoms with van der Waals surface area (Å²) >= 11 is 1.20. The number of Topliss-reactive ketones (excluding diaryl/α,β-unsaturated/α-hetero) is 1. The zero-order valence-electron chi connectivity index (χ0n) is 19.8. The number of hydrogen-bond acceptors (Lipinski definition) is 9. The van der Waals surface area contributed by atoms with Crippen LogP contribution in [-0.2, 0) is 9.53 Å². The van der Waals surface area contributed by atoms with Gasteiger partial charge in [0.05, 0.1) is 31.2 Å². The first-order valence-electron chi connectivity index (χ1n) is 10.6. The molecule has 0 saturated heterocycles. The van der Waals surface area contributed by atoms with Crippen molar-refractivity contribution in [1.82, 2.24) is 9.97 Å². The van der Waals surface area contributed by atoms with Gasteiger partial charge in [-0.2, -0.15) is 0 Å². The van der Waals surface area contributed by atoms with Gasteiger partial charge < -0.3 is 19.5 Å². The van der Waals surface area contributed by atoms with Crippen LogP contribution in [0.15, 0.2) is 53.7 Å². The molecule has 0 fully saturated rings. The minimum Gasteiger partial charge on any atom is -0.497 e. The van der Waals surface area contributed by atoms with E-state index in [1.54, 1.807) is 24.3 Å². The number of ketones is 1. The van der Waals surface area contributed by atoms with Gasteiger partial charge in [0.25, 0.3) is 0 Å². The van der Waals surface area contributed by atoms with Gasteiger partial charge >= 0.3 is 5.97 Å². The summed E-state index contributed by atoms with van der Waals surface area (Å²) in [6.45, 7) is 3.29. The Hall–Kier alpha value is -3.92. The fourth-order valence-corrected chi connectivity index (χ4v) is 3.83. The smallest absolute Gasteiger partial charge is 0.338 e. The molecule has 3 aromatic rings. The van der Waals surface area contributed by atoms with Crippen LogP contribution in [-0.4, -0.2) is 54.2 Å². The average Bonchev–Trinajstić information content (AvgIpc) is 2.85. The number of nitrogens with one attached hydrogen (secondary N) is 1. The monoisotopic (exact) mass is 495 g/mol. The highest BCUT2D eigenvalue weighted by Crippen LogP contribution is 2.26. The third kappa shape index (κ3) is 7.28. The van der Waals surface area contributed by atoms with Gasteiger partial charge in [-0.3, -0.25) is 9.59 Å². The molecular formula is C25H25N3O6S. The standard InChI is InChI=1S/C25H25N3O6S/c1-15-11-16(2)27-25(26-15)35-14-23(30)28-20-12-18(7-10-22(20)33-4)24(31)34-13-21(29)17-5-8-19(32-3)9-6-17/h5-12H,13-14H2,1-4H3,(H,28,30). The Morgan fingerprint density at radius 1 is 0.886 bits per heavy atom. The van der Waals surface area contributed by atoms with Crippen LogP contribution in [0.1, 0.15) is 32.1 Å². The van der Waals surface area contributed by atoms with Gasteiger partial charge in [-0.1, -0.05) is 11.8 Å². The van der Waals surface area contributed by atoms with E-state index in [-0.39, 0.29) is 23.0 Å². The van der Waals surface area contributed by atoms with E-state index in [0.29, 0.717) is 27.9 Å². The number of ether oxygens (including phenoxy) is 3. The summed E-state index contributed by atoms with van der Waals surface area (Å²) in [6.07, 6.45) is 0. The molecule has 35 heavy (non-hydrogen) atoms. The number of carbonyl (C=O) groups excluding carboxylic acids is 3. The molecule has 0 saturated carbocycles. The lowest BCUT2D eigenvalue weighted by molar-refractivity contribution is -0.113. The number of esters is 1. The number of methoxy groups -OCH3 is 2. The van der Waals surface area contributed by atoms with Crippen molar-refractivity contribution in [2.24, 2.45) is 0 Å². The zero-order valence-corrected chi connectivity index (χ0v) is 20.6. The second-order valence-corrected chi connectivity index (χ2v) is 8.36. The lowest BCUT2D eigenvalue weighted by atomic mass is 10.1. The summed E-state index contributed by atoms with van der Waals surface area (Å²) in [5.74, 6) is -0.326. The Morgan fingerprint density at radius 3 is 2.17 bits per heavy atom. The summed E-state index contributed by atoms with van der Waals surface area (Å²) < 4.78 is 15.5. The fourth-order valence-electron chi connectivity index (χ4n) is 3.08. The van der Waals surface area contributed by atoms with Gasteiger partial charge in [-0.15, -0.1) is 0 Å². The molecule has 0 atom stereocenters. The molecular weight excluding hydrogens is 470 g/mol. The van der Waals surface area contributed by atoms with Gasteiger partial charge in [-0.25, -0.2) is 14.8 Å². The van der Waals surface area contributed by atoms with Crippen LogP contribution in [0.2, 0.25) is 0 Å². The van der Waals surface area contributed by atoms with Crippen molar-refractivity contribution in [2.45, 2.75) is 19.0 Å². The van der Waals surface area contributed by atoms with E-state index < -0.39 is 12.6 Å². The number of amides is 1. The minimum atomic E-state index is -0.706. The first-order chi connectivity index (χ1) is 16.8. The SMILES string of the molecule is COc1ccc(C(=O)COC(=O)c2ccc(OC)c(NC(=O)CSc3nc(C)cc(C)n3)c2)cc1. The normalized spacial score (nSPS) is 10.4. The third-order valence-electron chi connectivity index (χ3n) is 4.75. The highest BCUT2D eigenvalue weighted by atomic mass is 32.2. The molecule has 10 heteroatoms. The molecule has 3 rings (SSSR count). The summed E-state index contributed by atoms with van der Waals surface area (Å²) in [5, 5.41) is 3.23. The van der Waals surface area contributed by atoms with Crippen LogP contribution in [0.5, 0.6) is 11.5 Å². The summed E-state index contributed by atoms with van der Waals surface area (Å²) in [7, 11) is 2.98. The van der Waals surface area contributed by atoms with Gasteiger partial charge in [0.15, 0.2) is 17.5 Å². The minimum absolute atomic E-state index is 0.0666. The van der Waals surface area contributed by atoms with E-state index in [1.807, 2.05) is 19.9 Å². The molecule has 0 aliphatic heterocycles. The van der Waals surface area contributed by atoms with Crippen LogP contribution in [0.3, 0.4) is 0 Å². The number of aromatic nitrogens is 2. The average molecular weight is 496 g/mol. The third-order valence-corrected chi connectivity index (χ3v) is 5.60. The lowest BCUT2D eigenvalue weighted by Crippen LogP contribution is -2.17. The van der Waals surface area contributed by atoms with Crippen molar-refractivity contribution in [3.8, 4) is 11.5 Å². The first-order valence-corrected chi connectivity index (χ1v) is 11.5. The number of aryl methyl sites for hydroxylation is 2. The van der Waals surface area contributed by atoms with Crippen molar-refractivity contribution < 1.29 is 28.6 Å². The lowest BCUT2D eigenvalue weighted by Gasteiger charge is -2.12. The van der Waals surface area contributed by atoms with Crippen LogP contribution >= 0.6 is 11.8 Å². The van der Waals surface area contributed by atoms with Gasteiger partial charge in [0, 0.05) is 17.0 Å². The maximum absolute atomic E-state index is 12.5. The van der Waals surface area contributed by atoms with Crippen molar-refractivity contribution in [2.75, 3.05) is 31.9 Å². The molecule has 0 spiro atoms. The van der Waals surface area contributed by atoms with Crippen LogP contribution in [0.4, 0.5) is 5.69 Å². The van der Waals surface area contributed by atoms with Crippen LogP contribution in [0, 0.1) is 13.8 Å². The predicted octanol–water partition coefficient (Wildman–Crippen LogP) is 3.88. The van der Waals surface area contributed by atoms with Gasteiger partial charge in [0.2, 0.25) is 5.91 Å². The van der Waals surface area contributed by atoms with Gasteiger partial charge in [-0.05, 0) is 62.4 Å². The Labute approximate surface area is 207 Å². The molecule has 0 aliphatic carbocycles. The molecule has 0 bridgehead atoms. The van der Waals surface area contributed by atoms with E-state index in [1.165, 1.54) is 44.2 Å². The molecule has 1 aromatic heterocycles. The molecule has 1 heterocycles. The highest BCUT2D eigenvalue weighted by molar-refractivity contribution is 7.99. The number of hydrogen-bond donors (Lipinski definition) is 1. The zero-order chi connectivity index (χ0) is 25.4. The molecule has 0 radical (unpaired) electrons. The number of carbonyl (C=O) groups is 3. The molecule has 0 aliphatic rings. The van der Waals surface area contributed by atoms with Crippen LogP contribution < -0.4 is 14.8 Å². The number of benzene rings is 2. The van der Waals surface area contributed by atoms with E-state index in [9.17, 15) is 14.4 Å². The van der Waals surface area contributed by atoms with Crippen molar-refractivity contribution in [1.29, 1.82) is 0 Å². The van der Waals surface area contributed by atoms with Crippen LogP contribution in [0.25, 0.3) is 0 Å². The van der Waals surface area contributed by atoms with E-state index >= 15 is 0 Å². The maximum Gasteiger partial charge on any atom is 0.338 e. The van der Waals surface area contributed by atoms with Crippen molar-refractivity contribution in [3.63, 3.8) is 0 Å². The molecule has 9 nitrogen and oxygen atoms in total. The van der Waals surface area contributed by atoms with E-state index in [4.69, 9.17) is 14.2 Å². The molecule has 2 aromatic carbocycles. The number of rotatable bonds is 10. The Kier molecular flexibility index (Phi) is 8.80.